The number of nitrogens with one attached hydrogen (secondary N) is 2. The van der Waals surface area contributed by atoms with E-state index in [2.05, 4.69) is 10.3 Å². The van der Waals surface area contributed by atoms with Gasteiger partial charge in [0.25, 0.3) is 5.91 Å². The zero-order valence-corrected chi connectivity index (χ0v) is 11.6. The van der Waals surface area contributed by atoms with Crippen molar-refractivity contribution in [3.05, 3.63) is 38.8 Å². The van der Waals surface area contributed by atoms with Crippen LogP contribution >= 0.6 is 11.3 Å². The van der Waals surface area contributed by atoms with E-state index in [1.807, 2.05) is 13.8 Å². The summed E-state index contributed by atoms with van der Waals surface area (Å²) < 4.78 is 0. The Morgan fingerprint density at radius 3 is 2.47 bits per heavy atom. The van der Waals surface area contributed by atoms with Gasteiger partial charge in [-0.05, 0) is 38.5 Å². The van der Waals surface area contributed by atoms with E-state index >= 15 is 0 Å². The molecule has 0 saturated carbocycles. The third kappa shape index (κ3) is 2.68. The average Bonchev–Trinajstić information content (AvgIpc) is 2.83. The highest BCUT2D eigenvalue weighted by molar-refractivity contribution is 7.14. The van der Waals surface area contributed by atoms with Crippen LogP contribution in [0.4, 0.5) is 5.69 Å². The number of carbonyl (C=O) groups is 2. The summed E-state index contributed by atoms with van der Waals surface area (Å²) in [6, 6.07) is 3.41. The maximum Gasteiger partial charge on any atom is 0.354 e. The lowest BCUT2D eigenvalue weighted by Crippen LogP contribution is -2.12. The van der Waals surface area contributed by atoms with E-state index in [0.29, 0.717) is 16.3 Å². The predicted molar refractivity (Wildman–Crippen MR) is 74.2 cm³/mol. The van der Waals surface area contributed by atoms with Crippen molar-refractivity contribution in [3.63, 3.8) is 0 Å². The van der Waals surface area contributed by atoms with Gasteiger partial charge < -0.3 is 15.4 Å². The van der Waals surface area contributed by atoms with Crippen molar-refractivity contribution in [1.29, 1.82) is 0 Å². The van der Waals surface area contributed by atoms with Crippen LogP contribution in [0.25, 0.3) is 0 Å². The first kappa shape index (κ1) is 13.4. The lowest BCUT2D eigenvalue weighted by atomic mass is 10.2. The maximum absolute atomic E-state index is 12.1. The summed E-state index contributed by atoms with van der Waals surface area (Å²) in [5, 5.41) is 11.7. The van der Waals surface area contributed by atoms with Crippen molar-refractivity contribution >= 4 is 28.9 Å². The molecule has 5 nitrogen and oxygen atoms in total. The molecule has 2 rings (SSSR count). The predicted octanol–water partition coefficient (Wildman–Crippen LogP) is 2.95. The monoisotopic (exact) mass is 278 g/mol. The van der Waals surface area contributed by atoms with Crippen LogP contribution in [0.1, 0.15) is 36.3 Å². The van der Waals surface area contributed by atoms with Gasteiger partial charge >= 0.3 is 5.97 Å². The number of amides is 1. The first-order valence-electron chi connectivity index (χ1n) is 5.69. The summed E-state index contributed by atoms with van der Waals surface area (Å²) in [4.78, 5) is 27.4. The fourth-order valence-corrected chi connectivity index (χ4v) is 2.65. The molecule has 0 aliphatic rings. The van der Waals surface area contributed by atoms with E-state index in [-0.39, 0.29) is 11.6 Å². The number of aromatic amines is 1. The van der Waals surface area contributed by atoms with E-state index in [0.717, 1.165) is 10.4 Å². The molecular weight excluding hydrogens is 264 g/mol. The topological polar surface area (TPSA) is 82.2 Å². The molecule has 2 aromatic rings. The molecule has 0 aliphatic carbocycles. The smallest absolute Gasteiger partial charge is 0.354 e. The van der Waals surface area contributed by atoms with Gasteiger partial charge in [-0.1, -0.05) is 0 Å². The number of aromatic carboxylic acids is 1. The Morgan fingerprint density at radius 2 is 1.95 bits per heavy atom. The molecule has 0 spiro atoms. The first-order valence-corrected chi connectivity index (χ1v) is 6.51. The number of aromatic nitrogens is 1. The molecule has 6 heteroatoms. The molecule has 0 unspecified atom stereocenters. The van der Waals surface area contributed by atoms with E-state index in [9.17, 15) is 9.59 Å². The number of carboxylic acid groups (broad SMARTS) is 1. The summed E-state index contributed by atoms with van der Waals surface area (Å²) in [6.07, 6.45) is 0. The van der Waals surface area contributed by atoms with Gasteiger partial charge in [0, 0.05) is 10.6 Å². The van der Waals surface area contributed by atoms with Crippen LogP contribution in [-0.4, -0.2) is 22.0 Å². The highest BCUT2D eigenvalue weighted by Crippen LogP contribution is 2.23. The van der Waals surface area contributed by atoms with Crippen LogP contribution in [0, 0.1) is 20.8 Å². The standard InChI is InChI=1S/C13H14N2O3S/c1-6-4-10(19-8(6)3)12(16)15-9-5-7(2)14-11(9)13(17)18/h4-5,14H,1-3H3,(H,15,16)(H,17,18). The van der Waals surface area contributed by atoms with Gasteiger partial charge in [0.05, 0.1) is 10.6 Å². The van der Waals surface area contributed by atoms with Crippen LogP contribution < -0.4 is 5.32 Å². The minimum atomic E-state index is -1.10. The Labute approximate surface area is 114 Å². The molecule has 0 saturated heterocycles. The number of hydrogen-bond donors (Lipinski definition) is 3. The number of thiophene rings is 1. The molecule has 0 aliphatic heterocycles. The molecule has 100 valence electrons. The molecule has 3 N–H and O–H groups in total. The fraction of sp³-hybridized carbons (Fsp3) is 0.231. The Bertz CT molecular complexity index is 635. The second-order valence-electron chi connectivity index (χ2n) is 4.35. The Kier molecular flexibility index (Phi) is 3.44. The zero-order chi connectivity index (χ0) is 14.2. The van der Waals surface area contributed by atoms with Crippen LogP contribution in [0.5, 0.6) is 0 Å². The molecule has 1 amide bonds. The van der Waals surface area contributed by atoms with Crippen LogP contribution in [0.15, 0.2) is 12.1 Å². The summed E-state index contributed by atoms with van der Waals surface area (Å²) >= 11 is 1.39. The molecule has 0 radical (unpaired) electrons. The van der Waals surface area contributed by atoms with Crippen LogP contribution in [0.3, 0.4) is 0 Å². The number of aryl methyl sites for hydroxylation is 3. The number of carboxylic acids is 1. The third-order valence-corrected chi connectivity index (χ3v) is 3.96. The first-order chi connectivity index (χ1) is 8.88. The van der Waals surface area contributed by atoms with Gasteiger partial charge in [-0.15, -0.1) is 11.3 Å². The second-order valence-corrected chi connectivity index (χ2v) is 5.61. The van der Waals surface area contributed by atoms with Gasteiger partial charge in [-0.2, -0.15) is 0 Å². The summed E-state index contributed by atoms with van der Waals surface area (Å²) in [6.45, 7) is 5.62. The van der Waals surface area contributed by atoms with Crippen molar-refractivity contribution in [2.45, 2.75) is 20.8 Å². The van der Waals surface area contributed by atoms with Crippen molar-refractivity contribution in [3.8, 4) is 0 Å². The van der Waals surface area contributed by atoms with Crippen molar-refractivity contribution in [1.82, 2.24) is 4.98 Å². The maximum atomic E-state index is 12.1. The van der Waals surface area contributed by atoms with Crippen molar-refractivity contribution < 1.29 is 14.7 Å². The fourth-order valence-electron chi connectivity index (χ4n) is 1.73. The zero-order valence-electron chi connectivity index (χ0n) is 10.8. The molecule has 2 aromatic heterocycles. The molecule has 0 aromatic carbocycles. The molecule has 0 bridgehead atoms. The minimum absolute atomic E-state index is 0.00384. The number of anilines is 1. The normalized spacial score (nSPS) is 10.5. The highest BCUT2D eigenvalue weighted by Gasteiger charge is 2.17. The quantitative estimate of drug-likeness (QED) is 0.807. The average molecular weight is 278 g/mol. The summed E-state index contributed by atoms with van der Waals surface area (Å²) in [7, 11) is 0. The van der Waals surface area contributed by atoms with E-state index in [1.54, 1.807) is 19.1 Å². The lowest BCUT2D eigenvalue weighted by Gasteiger charge is -2.02. The molecular formula is C13H14N2O3S. The highest BCUT2D eigenvalue weighted by atomic mass is 32.1. The van der Waals surface area contributed by atoms with E-state index in [1.165, 1.54) is 11.3 Å². The Morgan fingerprint density at radius 1 is 1.26 bits per heavy atom. The molecule has 0 atom stereocenters. The SMILES string of the molecule is Cc1cc(NC(=O)c2cc(C)c(C)s2)c(C(=O)O)[nH]1. The third-order valence-electron chi connectivity index (χ3n) is 2.80. The van der Waals surface area contributed by atoms with E-state index in [4.69, 9.17) is 5.11 Å². The molecule has 19 heavy (non-hydrogen) atoms. The number of hydrogen-bond acceptors (Lipinski definition) is 3. The number of carbonyl (C=O) groups excluding carboxylic acids is 1. The van der Waals surface area contributed by atoms with Gasteiger partial charge in [0.2, 0.25) is 0 Å². The van der Waals surface area contributed by atoms with Crippen molar-refractivity contribution in [2.24, 2.45) is 0 Å². The minimum Gasteiger partial charge on any atom is -0.477 e. The number of rotatable bonds is 3. The Hall–Kier alpha value is -2.08. The van der Waals surface area contributed by atoms with Gasteiger partial charge in [-0.25, -0.2) is 4.79 Å². The van der Waals surface area contributed by atoms with Gasteiger partial charge in [-0.3, -0.25) is 4.79 Å². The van der Waals surface area contributed by atoms with Crippen LogP contribution in [-0.2, 0) is 0 Å². The molecule has 2 heterocycles. The summed E-state index contributed by atoms with van der Waals surface area (Å²) in [5.74, 6) is -1.38. The Balaban J connectivity index is 2.26. The second kappa shape index (κ2) is 4.89. The van der Waals surface area contributed by atoms with Crippen molar-refractivity contribution in [2.75, 3.05) is 5.32 Å². The summed E-state index contributed by atoms with van der Waals surface area (Å²) in [5.41, 5.74) is 2.03. The lowest BCUT2D eigenvalue weighted by molar-refractivity contribution is 0.0692. The number of H-pyrrole nitrogens is 1. The van der Waals surface area contributed by atoms with Gasteiger partial charge in [0.15, 0.2) is 0 Å². The molecule has 0 fully saturated rings. The largest absolute Gasteiger partial charge is 0.477 e. The van der Waals surface area contributed by atoms with Gasteiger partial charge in [0.1, 0.15) is 5.69 Å². The van der Waals surface area contributed by atoms with Crippen LogP contribution in [0.2, 0.25) is 0 Å². The van der Waals surface area contributed by atoms with E-state index < -0.39 is 5.97 Å².